The summed E-state index contributed by atoms with van der Waals surface area (Å²) in [5.74, 6) is 0. The van der Waals surface area contributed by atoms with Crippen LogP contribution in [0.5, 0.6) is 0 Å². The lowest BCUT2D eigenvalue weighted by Gasteiger charge is -2.12. The quantitative estimate of drug-likeness (QED) is 0.773. The minimum atomic E-state index is -4.39. The predicted octanol–water partition coefficient (Wildman–Crippen LogP) is 3.61. The Balaban J connectivity index is 3.35. The van der Waals surface area contributed by atoms with Gasteiger partial charge in [0, 0.05) is 4.47 Å². The molecule has 0 spiro atoms. The zero-order valence-corrected chi connectivity index (χ0v) is 9.04. The highest BCUT2D eigenvalue weighted by atomic mass is 79.9. The normalized spacial score (nSPS) is 11.8. The molecule has 78 valence electrons. The molecular weight excluding hydrogens is 259 g/mol. The van der Waals surface area contributed by atoms with Crippen LogP contribution in [0.4, 0.5) is 18.9 Å². The van der Waals surface area contributed by atoms with Crippen molar-refractivity contribution in [2.75, 3.05) is 5.73 Å². The van der Waals surface area contributed by atoms with Crippen molar-refractivity contribution in [3.63, 3.8) is 0 Å². The Morgan fingerprint density at radius 3 is 2.36 bits per heavy atom. The molecule has 14 heavy (non-hydrogen) atoms. The molecule has 5 heteroatoms. The largest absolute Gasteiger partial charge is 0.418 e. The van der Waals surface area contributed by atoms with Crippen LogP contribution in [-0.4, -0.2) is 0 Å². The van der Waals surface area contributed by atoms with E-state index >= 15 is 0 Å². The zero-order valence-electron chi connectivity index (χ0n) is 7.45. The number of halogens is 4. The summed E-state index contributed by atoms with van der Waals surface area (Å²) in [7, 11) is 0. The van der Waals surface area contributed by atoms with Gasteiger partial charge < -0.3 is 5.73 Å². The van der Waals surface area contributed by atoms with Gasteiger partial charge >= 0.3 is 6.18 Å². The van der Waals surface area contributed by atoms with E-state index in [0.717, 1.165) is 6.07 Å². The average molecular weight is 268 g/mol. The summed E-state index contributed by atoms with van der Waals surface area (Å²) in [6, 6.07) is 2.69. The highest BCUT2D eigenvalue weighted by Crippen LogP contribution is 2.37. The van der Waals surface area contributed by atoms with Crippen LogP contribution < -0.4 is 5.73 Å². The first-order valence-corrected chi connectivity index (χ1v) is 4.80. The summed E-state index contributed by atoms with van der Waals surface area (Å²) >= 11 is 3.01. The number of alkyl halides is 3. The van der Waals surface area contributed by atoms with E-state index in [1.807, 2.05) is 0 Å². The number of rotatable bonds is 1. The maximum absolute atomic E-state index is 12.4. The number of hydrogen-bond acceptors (Lipinski definition) is 1. The minimum Gasteiger partial charge on any atom is -0.397 e. The standard InChI is InChI=1S/C9H9BrF3N/c1-2-5-3-6(9(11,12)13)8(14)7(10)4-5/h3-4H,2,14H2,1H3. The van der Waals surface area contributed by atoms with Crippen LogP contribution in [0.25, 0.3) is 0 Å². The first kappa shape index (κ1) is 11.4. The average Bonchev–Trinajstić information content (AvgIpc) is 2.07. The van der Waals surface area contributed by atoms with E-state index in [2.05, 4.69) is 15.9 Å². The second kappa shape index (κ2) is 3.81. The van der Waals surface area contributed by atoms with Gasteiger partial charge in [0.1, 0.15) is 0 Å². The smallest absolute Gasteiger partial charge is 0.397 e. The molecular formula is C9H9BrF3N. The van der Waals surface area contributed by atoms with Gasteiger partial charge in [0.15, 0.2) is 0 Å². The summed E-state index contributed by atoms with van der Waals surface area (Å²) in [4.78, 5) is 0. The zero-order chi connectivity index (χ0) is 10.9. The summed E-state index contributed by atoms with van der Waals surface area (Å²) in [5, 5.41) is 0. The third-order valence-electron chi connectivity index (χ3n) is 1.90. The Labute approximate surface area is 88.2 Å². The molecule has 0 aliphatic heterocycles. The molecule has 0 heterocycles. The Kier molecular flexibility index (Phi) is 3.09. The molecule has 0 radical (unpaired) electrons. The van der Waals surface area contributed by atoms with Crippen LogP contribution in [-0.2, 0) is 12.6 Å². The van der Waals surface area contributed by atoms with Crippen molar-refractivity contribution >= 4 is 21.6 Å². The van der Waals surface area contributed by atoms with Crippen LogP contribution >= 0.6 is 15.9 Å². The SMILES string of the molecule is CCc1cc(Br)c(N)c(C(F)(F)F)c1. The molecule has 0 aromatic heterocycles. The number of hydrogen-bond donors (Lipinski definition) is 1. The minimum absolute atomic E-state index is 0.255. The maximum atomic E-state index is 12.4. The molecule has 1 rings (SSSR count). The monoisotopic (exact) mass is 267 g/mol. The van der Waals surface area contributed by atoms with Gasteiger partial charge in [-0.1, -0.05) is 6.92 Å². The number of aryl methyl sites for hydroxylation is 1. The molecule has 1 nitrogen and oxygen atoms in total. The van der Waals surface area contributed by atoms with E-state index in [9.17, 15) is 13.2 Å². The van der Waals surface area contributed by atoms with Crippen molar-refractivity contribution in [3.05, 3.63) is 27.7 Å². The van der Waals surface area contributed by atoms with E-state index in [4.69, 9.17) is 5.73 Å². The van der Waals surface area contributed by atoms with Gasteiger partial charge in [-0.25, -0.2) is 0 Å². The predicted molar refractivity (Wildman–Crippen MR) is 52.9 cm³/mol. The molecule has 2 N–H and O–H groups in total. The molecule has 0 saturated heterocycles. The Bertz CT molecular complexity index is 347. The van der Waals surface area contributed by atoms with Crippen LogP contribution in [0.2, 0.25) is 0 Å². The second-order valence-electron chi connectivity index (χ2n) is 2.89. The first-order chi connectivity index (χ1) is 6.36. The summed E-state index contributed by atoms with van der Waals surface area (Å²) in [6.07, 6.45) is -3.85. The molecule has 0 aliphatic carbocycles. The van der Waals surface area contributed by atoms with Gasteiger partial charge in [0.25, 0.3) is 0 Å². The fourth-order valence-corrected chi connectivity index (χ4v) is 1.62. The molecule has 0 unspecified atom stereocenters. The van der Waals surface area contributed by atoms with Gasteiger partial charge in [-0.15, -0.1) is 0 Å². The van der Waals surface area contributed by atoms with Crippen LogP contribution in [0.15, 0.2) is 16.6 Å². The highest BCUT2D eigenvalue weighted by Gasteiger charge is 2.33. The van der Waals surface area contributed by atoms with E-state index < -0.39 is 11.7 Å². The van der Waals surface area contributed by atoms with Crippen molar-refractivity contribution in [2.45, 2.75) is 19.5 Å². The number of anilines is 1. The van der Waals surface area contributed by atoms with E-state index in [0.29, 0.717) is 16.5 Å². The number of nitrogen functional groups attached to an aromatic ring is 1. The highest BCUT2D eigenvalue weighted by molar-refractivity contribution is 9.10. The van der Waals surface area contributed by atoms with Crippen molar-refractivity contribution < 1.29 is 13.2 Å². The molecule has 1 aromatic carbocycles. The van der Waals surface area contributed by atoms with E-state index in [1.54, 1.807) is 13.0 Å². The van der Waals surface area contributed by atoms with Crippen LogP contribution in [0.3, 0.4) is 0 Å². The second-order valence-corrected chi connectivity index (χ2v) is 3.74. The van der Waals surface area contributed by atoms with E-state index in [1.165, 1.54) is 0 Å². The first-order valence-electron chi connectivity index (χ1n) is 4.01. The molecule has 1 aromatic rings. The Morgan fingerprint density at radius 1 is 1.36 bits per heavy atom. The molecule has 0 bridgehead atoms. The molecule has 0 saturated carbocycles. The number of nitrogens with two attached hydrogens (primary N) is 1. The topological polar surface area (TPSA) is 26.0 Å². The summed E-state index contributed by atoms with van der Waals surface area (Å²) < 4.78 is 37.6. The molecule has 0 aliphatic rings. The van der Waals surface area contributed by atoms with Crippen molar-refractivity contribution in [3.8, 4) is 0 Å². The van der Waals surface area contributed by atoms with Crippen LogP contribution in [0, 0.1) is 0 Å². The summed E-state index contributed by atoms with van der Waals surface area (Å²) in [5.41, 5.74) is 4.91. The lowest BCUT2D eigenvalue weighted by molar-refractivity contribution is -0.137. The van der Waals surface area contributed by atoms with Gasteiger partial charge in [-0.2, -0.15) is 13.2 Å². The lowest BCUT2D eigenvalue weighted by atomic mass is 10.1. The third-order valence-corrected chi connectivity index (χ3v) is 2.56. The van der Waals surface area contributed by atoms with Gasteiger partial charge in [0.2, 0.25) is 0 Å². The van der Waals surface area contributed by atoms with Crippen molar-refractivity contribution in [1.29, 1.82) is 0 Å². The Hall–Kier alpha value is -0.710. The van der Waals surface area contributed by atoms with Gasteiger partial charge in [-0.3, -0.25) is 0 Å². The lowest BCUT2D eigenvalue weighted by Crippen LogP contribution is -2.10. The molecule has 0 atom stereocenters. The van der Waals surface area contributed by atoms with E-state index in [-0.39, 0.29) is 5.69 Å². The molecule has 0 fully saturated rings. The van der Waals surface area contributed by atoms with Gasteiger partial charge in [-0.05, 0) is 40.0 Å². The fourth-order valence-electron chi connectivity index (χ4n) is 1.11. The maximum Gasteiger partial charge on any atom is 0.418 e. The van der Waals surface area contributed by atoms with Crippen molar-refractivity contribution in [1.82, 2.24) is 0 Å². The van der Waals surface area contributed by atoms with Crippen LogP contribution in [0.1, 0.15) is 18.1 Å². The Morgan fingerprint density at radius 2 is 1.93 bits per heavy atom. The fraction of sp³-hybridized carbons (Fsp3) is 0.333. The van der Waals surface area contributed by atoms with Crippen molar-refractivity contribution in [2.24, 2.45) is 0 Å². The number of benzene rings is 1. The summed E-state index contributed by atoms with van der Waals surface area (Å²) in [6.45, 7) is 1.79. The van der Waals surface area contributed by atoms with Gasteiger partial charge in [0.05, 0.1) is 11.3 Å². The molecule has 0 amide bonds. The third kappa shape index (κ3) is 2.20.